The number of carbonyl (C=O) groups excluding carboxylic acids is 1. The van der Waals surface area contributed by atoms with Crippen LogP contribution in [0.3, 0.4) is 0 Å². The fourth-order valence-corrected chi connectivity index (χ4v) is 2.94. The van der Waals surface area contributed by atoms with E-state index in [1.165, 1.54) is 0 Å². The van der Waals surface area contributed by atoms with Gasteiger partial charge in [0.1, 0.15) is 0 Å². The first-order valence-corrected chi connectivity index (χ1v) is 7.66. The van der Waals surface area contributed by atoms with Crippen molar-refractivity contribution in [1.82, 2.24) is 4.90 Å². The molecule has 4 nitrogen and oxygen atoms in total. The maximum Gasteiger partial charge on any atom is 0.225 e. The summed E-state index contributed by atoms with van der Waals surface area (Å²) in [4.78, 5) is 14.1. The first-order valence-electron chi connectivity index (χ1n) is 7.66. The Balaban J connectivity index is 1.80. The van der Waals surface area contributed by atoms with Crippen molar-refractivity contribution >= 4 is 5.91 Å². The fourth-order valence-electron chi connectivity index (χ4n) is 2.94. The molecule has 0 aromatic heterocycles. The van der Waals surface area contributed by atoms with E-state index in [2.05, 4.69) is 6.92 Å². The van der Waals surface area contributed by atoms with Crippen LogP contribution in [-0.2, 0) is 9.53 Å². The highest BCUT2D eigenvalue weighted by Crippen LogP contribution is 2.33. The molecular formula is C15H27NO3. The lowest BCUT2D eigenvalue weighted by Crippen LogP contribution is -2.42. The highest BCUT2D eigenvalue weighted by Gasteiger charge is 2.34. The number of hydrogen-bond donors (Lipinski definition) is 1. The van der Waals surface area contributed by atoms with Crippen LogP contribution in [0.15, 0.2) is 0 Å². The van der Waals surface area contributed by atoms with Gasteiger partial charge in [0, 0.05) is 26.1 Å². The molecule has 3 atom stereocenters. The highest BCUT2D eigenvalue weighted by atomic mass is 16.5. The average molecular weight is 269 g/mol. The van der Waals surface area contributed by atoms with Crippen molar-refractivity contribution in [2.24, 2.45) is 11.8 Å². The van der Waals surface area contributed by atoms with Crippen molar-refractivity contribution in [2.45, 2.75) is 57.7 Å². The molecule has 3 unspecified atom stereocenters. The molecule has 2 fully saturated rings. The predicted octanol–water partition coefficient (Wildman–Crippen LogP) is 1.81. The summed E-state index contributed by atoms with van der Waals surface area (Å²) in [5.74, 6) is 0.698. The molecule has 0 aromatic rings. The van der Waals surface area contributed by atoms with Gasteiger partial charge in [-0.25, -0.2) is 0 Å². The van der Waals surface area contributed by atoms with E-state index in [1.54, 1.807) is 4.90 Å². The second-order valence-corrected chi connectivity index (χ2v) is 6.13. The third-order valence-electron chi connectivity index (χ3n) is 4.33. The van der Waals surface area contributed by atoms with Crippen LogP contribution in [0.5, 0.6) is 0 Å². The number of likely N-dealkylation sites (N-methyl/N-ethyl adjacent to an activating group) is 1. The van der Waals surface area contributed by atoms with Gasteiger partial charge in [0.25, 0.3) is 0 Å². The molecule has 1 saturated carbocycles. The van der Waals surface area contributed by atoms with E-state index < -0.39 is 0 Å². The van der Waals surface area contributed by atoms with Crippen LogP contribution in [0.1, 0.15) is 45.4 Å². The average Bonchev–Trinajstić information content (AvgIpc) is 3.22. The topological polar surface area (TPSA) is 49.8 Å². The Morgan fingerprint density at radius 2 is 2.16 bits per heavy atom. The van der Waals surface area contributed by atoms with Crippen LogP contribution in [0.2, 0.25) is 0 Å². The minimum Gasteiger partial charge on any atom is -0.391 e. The van der Waals surface area contributed by atoms with Gasteiger partial charge in [-0.2, -0.15) is 0 Å². The molecule has 0 aromatic carbocycles. The van der Waals surface area contributed by atoms with Crippen LogP contribution < -0.4 is 0 Å². The number of rotatable bonds is 6. The number of aliphatic hydroxyl groups excluding tert-OH is 1. The molecule has 1 N–H and O–H groups in total. The summed E-state index contributed by atoms with van der Waals surface area (Å²) < 4.78 is 5.69. The molecule has 0 spiro atoms. The fraction of sp³-hybridized carbons (Fsp3) is 0.933. The molecule has 1 aliphatic heterocycles. The van der Waals surface area contributed by atoms with Crippen molar-refractivity contribution < 1.29 is 14.6 Å². The van der Waals surface area contributed by atoms with Gasteiger partial charge in [-0.3, -0.25) is 4.79 Å². The number of ether oxygens (including phenoxy) is 1. The molecule has 1 saturated heterocycles. The van der Waals surface area contributed by atoms with Crippen molar-refractivity contribution in [2.75, 3.05) is 20.2 Å². The van der Waals surface area contributed by atoms with E-state index in [-0.39, 0.29) is 24.0 Å². The summed E-state index contributed by atoms with van der Waals surface area (Å²) in [6, 6.07) is 0. The van der Waals surface area contributed by atoms with Crippen LogP contribution in [0.25, 0.3) is 0 Å². The van der Waals surface area contributed by atoms with Gasteiger partial charge in [0.15, 0.2) is 0 Å². The number of amides is 1. The van der Waals surface area contributed by atoms with Gasteiger partial charge in [0.2, 0.25) is 5.91 Å². The van der Waals surface area contributed by atoms with Gasteiger partial charge in [-0.15, -0.1) is 0 Å². The van der Waals surface area contributed by atoms with Gasteiger partial charge in [-0.1, -0.05) is 13.3 Å². The molecule has 1 heterocycles. The molecule has 2 rings (SSSR count). The normalized spacial score (nSPS) is 29.0. The molecule has 0 radical (unpaired) electrons. The standard InChI is InChI=1S/C15H27NO3/c1-3-4-13-9-12(7-8-19-13)15(18)16(2)10-14(17)11-5-6-11/h11-14,17H,3-10H2,1-2H3. The molecule has 19 heavy (non-hydrogen) atoms. The lowest BCUT2D eigenvalue weighted by molar-refractivity contribution is -0.141. The molecule has 2 aliphatic rings. The summed E-state index contributed by atoms with van der Waals surface area (Å²) in [5, 5.41) is 9.92. The molecule has 1 amide bonds. The Bertz CT molecular complexity index is 302. The number of carbonyl (C=O) groups is 1. The molecule has 1 aliphatic carbocycles. The number of aliphatic hydroxyl groups is 1. The zero-order chi connectivity index (χ0) is 13.8. The van der Waals surface area contributed by atoms with Crippen LogP contribution in [0, 0.1) is 11.8 Å². The Morgan fingerprint density at radius 3 is 2.79 bits per heavy atom. The van der Waals surface area contributed by atoms with E-state index in [0.717, 1.165) is 38.5 Å². The summed E-state index contributed by atoms with van der Waals surface area (Å²) >= 11 is 0. The molecule has 0 bridgehead atoms. The Kier molecular flexibility index (Phi) is 5.22. The van der Waals surface area contributed by atoms with Gasteiger partial charge < -0.3 is 14.7 Å². The summed E-state index contributed by atoms with van der Waals surface area (Å²) in [5.41, 5.74) is 0. The zero-order valence-corrected chi connectivity index (χ0v) is 12.2. The monoisotopic (exact) mass is 269 g/mol. The number of hydrogen-bond acceptors (Lipinski definition) is 3. The second kappa shape index (κ2) is 6.71. The largest absolute Gasteiger partial charge is 0.391 e. The summed E-state index contributed by atoms with van der Waals surface area (Å²) in [6.45, 7) is 3.33. The SMILES string of the molecule is CCCC1CC(C(=O)N(C)CC(O)C2CC2)CCO1. The van der Waals surface area contributed by atoms with Crippen molar-refractivity contribution in [3.05, 3.63) is 0 Å². The quantitative estimate of drug-likeness (QED) is 0.800. The molecule has 4 heteroatoms. The van der Waals surface area contributed by atoms with Gasteiger partial charge in [-0.05, 0) is 38.0 Å². The van der Waals surface area contributed by atoms with Gasteiger partial charge in [0.05, 0.1) is 12.2 Å². The van der Waals surface area contributed by atoms with Crippen molar-refractivity contribution in [3.63, 3.8) is 0 Å². The lowest BCUT2D eigenvalue weighted by Gasteiger charge is -2.32. The Hall–Kier alpha value is -0.610. The molecule has 110 valence electrons. The Morgan fingerprint density at radius 1 is 1.42 bits per heavy atom. The number of nitrogens with zero attached hydrogens (tertiary/aromatic N) is 1. The third-order valence-corrected chi connectivity index (χ3v) is 4.33. The summed E-state index contributed by atoms with van der Waals surface area (Å²) in [6.07, 6.45) is 5.94. The van der Waals surface area contributed by atoms with E-state index in [4.69, 9.17) is 4.74 Å². The lowest BCUT2D eigenvalue weighted by atomic mass is 9.92. The first-order chi connectivity index (χ1) is 9.11. The highest BCUT2D eigenvalue weighted by molar-refractivity contribution is 5.78. The van der Waals surface area contributed by atoms with E-state index >= 15 is 0 Å². The third kappa shape index (κ3) is 4.18. The van der Waals surface area contributed by atoms with Gasteiger partial charge >= 0.3 is 0 Å². The van der Waals surface area contributed by atoms with Crippen LogP contribution >= 0.6 is 0 Å². The van der Waals surface area contributed by atoms with Crippen molar-refractivity contribution in [1.29, 1.82) is 0 Å². The summed E-state index contributed by atoms with van der Waals surface area (Å²) in [7, 11) is 1.82. The second-order valence-electron chi connectivity index (χ2n) is 6.13. The molecular weight excluding hydrogens is 242 g/mol. The maximum absolute atomic E-state index is 12.4. The van der Waals surface area contributed by atoms with E-state index in [9.17, 15) is 9.90 Å². The van der Waals surface area contributed by atoms with E-state index in [0.29, 0.717) is 19.1 Å². The smallest absolute Gasteiger partial charge is 0.225 e. The van der Waals surface area contributed by atoms with E-state index in [1.807, 2.05) is 7.05 Å². The first kappa shape index (κ1) is 14.8. The predicted molar refractivity (Wildman–Crippen MR) is 73.7 cm³/mol. The van der Waals surface area contributed by atoms with Crippen molar-refractivity contribution in [3.8, 4) is 0 Å². The van der Waals surface area contributed by atoms with Crippen LogP contribution in [-0.4, -0.2) is 48.3 Å². The minimum atomic E-state index is -0.333. The Labute approximate surface area is 116 Å². The maximum atomic E-state index is 12.4. The zero-order valence-electron chi connectivity index (χ0n) is 12.2. The minimum absolute atomic E-state index is 0.0849. The van der Waals surface area contributed by atoms with Crippen LogP contribution in [0.4, 0.5) is 0 Å².